The molecule has 1 aromatic carbocycles. The van der Waals surface area contributed by atoms with Crippen molar-refractivity contribution in [3.05, 3.63) is 63.9 Å². The maximum atomic E-state index is 12.9. The first-order chi connectivity index (χ1) is 13.8. The average Bonchev–Trinajstić information content (AvgIpc) is 2.69. The van der Waals surface area contributed by atoms with E-state index in [4.69, 9.17) is 28.0 Å². The molecule has 29 heavy (non-hydrogen) atoms. The summed E-state index contributed by atoms with van der Waals surface area (Å²) in [6.07, 6.45) is 2.57. The number of carbonyl (C=O) groups is 2. The van der Waals surface area contributed by atoms with Crippen LogP contribution in [0.1, 0.15) is 21.5 Å². The molecule has 1 heterocycles. The van der Waals surface area contributed by atoms with E-state index in [1.54, 1.807) is 25.1 Å². The van der Waals surface area contributed by atoms with E-state index in [0.29, 0.717) is 5.56 Å². The number of hydrogen-bond donors (Lipinski definition) is 5. The minimum absolute atomic E-state index is 0.107. The van der Waals surface area contributed by atoms with Crippen molar-refractivity contribution in [1.82, 2.24) is 10.3 Å². The number of nitriles is 1. The first-order valence-electron chi connectivity index (χ1n) is 8.28. The van der Waals surface area contributed by atoms with E-state index in [0.717, 1.165) is 6.08 Å². The van der Waals surface area contributed by atoms with Gasteiger partial charge in [0.15, 0.2) is 0 Å². The summed E-state index contributed by atoms with van der Waals surface area (Å²) in [5.41, 5.74) is 6.43. The smallest absolute Gasteiger partial charge is 0.272 e. The van der Waals surface area contributed by atoms with E-state index in [1.807, 2.05) is 6.07 Å². The van der Waals surface area contributed by atoms with Gasteiger partial charge in [0.05, 0.1) is 27.9 Å². The lowest BCUT2D eigenvalue weighted by Crippen LogP contribution is -2.26. The first kappa shape index (κ1) is 21.4. The summed E-state index contributed by atoms with van der Waals surface area (Å²) >= 11 is 6.06. The van der Waals surface area contributed by atoms with Gasteiger partial charge in [0.1, 0.15) is 17.4 Å². The fraction of sp³-hybridized carbons (Fsp3) is 0.105. The van der Waals surface area contributed by atoms with Crippen molar-refractivity contribution < 1.29 is 9.59 Å². The number of anilines is 2. The highest BCUT2D eigenvalue weighted by Crippen LogP contribution is 2.25. The molecular weight excluding hydrogens is 394 g/mol. The zero-order valence-corrected chi connectivity index (χ0v) is 16.4. The maximum Gasteiger partial charge on any atom is 0.272 e. The third-order valence-electron chi connectivity index (χ3n) is 3.73. The van der Waals surface area contributed by atoms with Gasteiger partial charge in [-0.3, -0.25) is 15.0 Å². The average molecular weight is 412 g/mol. The molecule has 0 aliphatic carbocycles. The van der Waals surface area contributed by atoms with Gasteiger partial charge in [-0.1, -0.05) is 11.6 Å². The Morgan fingerprint density at radius 3 is 2.66 bits per heavy atom. The van der Waals surface area contributed by atoms with Crippen molar-refractivity contribution in [3.63, 3.8) is 0 Å². The Morgan fingerprint density at radius 1 is 1.34 bits per heavy atom. The molecule has 0 saturated heterocycles. The van der Waals surface area contributed by atoms with Crippen molar-refractivity contribution in [2.75, 3.05) is 17.7 Å². The van der Waals surface area contributed by atoms with Crippen LogP contribution in [0.5, 0.6) is 0 Å². The lowest BCUT2D eigenvalue weighted by Gasteiger charge is -2.16. The molecule has 0 spiro atoms. The van der Waals surface area contributed by atoms with E-state index in [2.05, 4.69) is 20.9 Å². The molecule has 0 saturated carbocycles. The van der Waals surface area contributed by atoms with Gasteiger partial charge < -0.3 is 21.7 Å². The lowest BCUT2D eigenvalue weighted by atomic mass is 10.0. The SMILES string of the molecule is CNC(=O)c1cc(C#N)cc(C)c1NC(=O)/C(=C/C(=N)N)Nc1ncccc1Cl. The van der Waals surface area contributed by atoms with Gasteiger partial charge in [0.25, 0.3) is 11.8 Å². The molecular formula is C19H18ClN7O2. The molecule has 0 unspecified atom stereocenters. The predicted octanol–water partition coefficient (Wildman–Crippen LogP) is 2.15. The monoisotopic (exact) mass is 411 g/mol. The van der Waals surface area contributed by atoms with Crippen LogP contribution in [0, 0.1) is 23.7 Å². The Bertz CT molecular complexity index is 1060. The van der Waals surface area contributed by atoms with Crippen molar-refractivity contribution in [3.8, 4) is 6.07 Å². The Balaban J connectivity index is 2.44. The number of carbonyl (C=O) groups excluding carboxylic acids is 2. The Hall–Kier alpha value is -3.90. The molecule has 0 aliphatic rings. The molecule has 2 aromatic rings. The normalized spacial score (nSPS) is 10.6. The van der Waals surface area contributed by atoms with Crippen LogP contribution < -0.4 is 21.7 Å². The summed E-state index contributed by atoms with van der Waals surface area (Å²) in [5.74, 6) is -1.34. The summed E-state index contributed by atoms with van der Waals surface area (Å²) < 4.78 is 0. The molecule has 2 amide bonds. The Morgan fingerprint density at radius 2 is 2.07 bits per heavy atom. The van der Waals surface area contributed by atoms with Crippen molar-refractivity contribution in [2.24, 2.45) is 5.73 Å². The number of benzene rings is 1. The van der Waals surface area contributed by atoms with Crippen LogP contribution in [-0.4, -0.2) is 29.7 Å². The summed E-state index contributed by atoms with van der Waals surface area (Å²) in [6, 6.07) is 8.09. The van der Waals surface area contributed by atoms with Gasteiger partial charge >= 0.3 is 0 Å². The van der Waals surface area contributed by atoms with Crippen LogP contribution in [0.25, 0.3) is 0 Å². The third kappa shape index (κ3) is 5.31. The van der Waals surface area contributed by atoms with E-state index >= 15 is 0 Å². The van der Waals surface area contributed by atoms with Crippen LogP contribution in [-0.2, 0) is 4.79 Å². The molecule has 1 aromatic heterocycles. The number of hydrogen-bond acceptors (Lipinski definition) is 6. The minimum Gasteiger partial charge on any atom is -0.384 e. The summed E-state index contributed by atoms with van der Waals surface area (Å²) in [4.78, 5) is 29.1. The van der Waals surface area contributed by atoms with E-state index in [9.17, 15) is 9.59 Å². The number of rotatable bonds is 6. The van der Waals surface area contributed by atoms with Crippen LogP contribution >= 0.6 is 11.6 Å². The molecule has 0 bridgehead atoms. The van der Waals surface area contributed by atoms with Crippen LogP contribution in [0.15, 0.2) is 42.2 Å². The molecule has 6 N–H and O–H groups in total. The van der Waals surface area contributed by atoms with Gasteiger partial charge in [0.2, 0.25) is 0 Å². The van der Waals surface area contributed by atoms with Crippen molar-refractivity contribution in [2.45, 2.75) is 6.92 Å². The number of pyridine rings is 1. The first-order valence-corrected chi connectivity index (χ1v) is 8.66. The lowest BCUT2D eigenvalue weighted by molar-refractivity contribution is -0.112. The molecule has 0 aliphatic heterocycles. The fourth-order valence-electron chi connectivity index (χ4n) is 2.43. The van der Waals surface area contributed by atoms with E-state index in [-0.39, 0.29) is 39.2 Å². The second-order valence-corrected chi connectivity index (χ2v) is 6.24. The van der Waals surface area contributed by atoms with Crippen LogP contribution in [0.3, 0.4) is 0 Å². The number of nitrogens with two attached hydrogens (primary N) is 1. The predicted molar refractivity (Wildman–Crippen MR) is 111 cm³/mol. The van der Waals surface area contributed by atoms with Crippen LogP contribution in [0.4, 0.5) is 11.5 Å². The number of nitrogens with one attached hydrogen (secondary N) is 4. The third-order valence-corrected chi connectivity index (χ3v) is 4.04. The summed E-state index contributed by atoms with van der Waals surface area (Å²) in [6.45, 7) is 1.65. The number of halogens is 1. The zero-order chi connectivity index (χ0) is 21.6. The van der Waals surface area contributed by atoms with Gasteiger partial charge in [-0.25, -0.2) is 4.98 Å². The maximum absolute atomic E-state index is 12.9. The minimum atomic E-state index is -0.681. The molecule has 148 valence electrons. The second kappa shape index (κ2) is 9.34. The van der Waals surface area contributed by atoms with E-state index in [1.165, 1.54) is 19.3 Å². The molecule has 9 nitrogen and oxygen atoms in total. The van der Waals surface area contributed by atoms with Crippen molar-refractivity contribution in [1.29, 1.82) is 10.7 Å². The standard InChI is InChI=1S/C19H18ClN7O2/c1-10-6-11(9-21)7-12(18(28)24-2)16(10)27-19(29)14(8-15(22)23)26-17-13(20)4-3-5-25-17/h3-8H,1-2H3,(H3,22,23)(H,24,28)(H,25,26)(H,27,29)/b14-8-. The molecule has 10 heteroatoms. The summed E-state index contributed by atoms with van der Waals surface area (Å²) in [5, 5.41) is 24.7. The largest absolute Gasteiger partial charge is 0.384 e. The molecule has 2 rings (SSSR count). The fourth-order valence-corrected chi connectivity index (χ4v) is 2.60. The topological polar surface area (TPSA) is 157 Å². The van der Waals surface area contributed by atoms with Gasteiger partial charge in [-0.2, -0.15) is 5.26 Å². The number of nitrogens with zero attached hydrogens (tertiary/aromatic N) is 2. The number of aryl methyl sites for hydroxylation is 1. The molecule has 0 radical (unpaired) electrons. The summed E-state index contributed by atoms with van der Waals surface area (Å²) in [7, 11) is 1.44. The molecule has 0 fully saturated rings. The zero-order valence-electron chi connectivity index (χ0n) is 15.6. The van der Waals surface area contributed by atoms with Gasteiger partial charge in [-0.15, -0.1) is 0 Å². The van der Waals surface area contributed by atoms with Crippen LogP contribution in [0.2, 0.25) is 5.02 Å². The van der Waals surface area contributed by atoms with Gasteiger partial charge in [0, 0.05) is 19.3 Å². The van der Waals surface area contributed by atoms with E-state index < -0.39 is 11.8 Å². The second-order valence-electron chi connectivity index (χ2n) is 5.83. The highest BCUT2D eigenvalue weighted by Gasteiger charge is 2.19. The number of amides is 2. The molecule has 0 atom stereocenters. The van der Waals surface area contributed by atoms with Gasteiger partial charge in [-0.05, 0) is 36.8 Å². The number of amidine groups is 1. The highest BCUT2D eigenvalue weighted by molar-refractivity contribution is 6.33. The van der Waals surface area contributed by atoms with Crippen molar-refractivity contribution >= 4 is 40.8 Å². The number of aromatic nitrogens is 1. The quantitative estimate of drug-likeness (QED) is 0.278. The highest BCUT2D eigenvalue weighted by atomic mass is 35.5. The Labute approximate surface area is 172 Å². The Kier molecular flexibility index (Phi) is 6.89.